The quantitative estimate of drug-likeness (QED) is 0.548. The van der Waals surface area contributed by atoms with Crippen LogP contribution in [0.4, 0.5) is 0 Å². The predicted octanol–water partition coefficient (Wildman–Crippen LogP) is 2.09. The summed E-state index contributed by atoms with van der Waals surface area (Å²) in [4.78, 5) is 0. The summed E-state index contributed by atoms with van der Waals surface area (Å²) in [5.41, 5.74) is 1.61. The van der Waals surface area contributed by atoms with Gasteiger partial charge in [-0.25, -0.2) is 0 Å². The molecule has 0 aromatic heterocycles. The van der Waals surface area contributed by atoms with E-state index in [1.165, 1.54) is 12.8 Å². The summed E-state index contributed by atoms with van der Waals surface area (Å²) < 4.78 is 0. The van der Waals surface area contributed by atoms with Crippen molar-refractivity contribution in [3.8, 4) is 0 Å². The van der Waals surface area contributed by atoms with Crippen LogP contribution in [-0.4, -0.2) is 12.1 Å². The van der Waals surface area contributed by atoms with Crippen LogP contribution in [0.15, 0.2) is 11.6 Å². The lowest BCUT2D eigenvalue weighted by molar-refractivity contribution is 0.479. The second-order valence-corrected chi connectivity index (χ2v) is 3.24. The van der Waals surface area contributed by atoms with Crippen molar-refractivity contribution >= 4 is 0 Å². The zero-order chi connectivity index (χ0) is 7.56. The van der Waals surface area contributed by atoms with Crippen molar-refractivity contribution in [3.63, 3.8) is 0 Å². The largest absolute Gasteiger partial charge is 0.308 e. The molecule has 0 aromatic rings. The lowest BCUT2D eigenvalue weighted by Gasteiger charge is -2.25. The fraction of sp³-hybridized carbons (Fsp3) is 0.778. The molecule has 0 amide bonds. The Bertz CT molecular complexity index is 138. The topological polar surface area (TPSA) is 12.0 Å². The highest BCUT2D eigenvalue weighted by atomic mass is 14.9. The van der Waals surface area contributed by atoms with Gasteiger partial charge in [0.05, 0.1) is 0 Å². The van der Waals surface area contributed by atoms with Gasteiger partial charge in [-0.15, -0.1) is 0 Å². The normalized spacial score (nSPS) is 33.7. The zero-order valence-corrected chi connectivity index (χ0v) is 7.15. The van der Waals surface area contributed by atoms with E-state index < -0.39 is 0 Å². The average Bonchev–Trinajstić information content (AvgIpc) is 1.85. The first kappa shape index (κ1) is 7.80. The van der Waals surface area contributed by atoms with Gasteiger partial charge in [0.2, 0.25) is 0 Å². The van der Waals surface area contributed by atoms with Crippen LogP contribution < -0.4 is 5.32 Å². The van der Waals surface area contributed by atoms with E-state index in [0.717, 1.165) is 0 Å². The molecule has 0 fully saturated rings. The lowest BCUT2D eigenvalue weighted by atomic mass is 9.98. The van der Waals surface area contributed by atoms with Gasteiger partial charge in [-0.3, -0.25) is 0 Å². The fourth-order valence-corrected chi connectivity index (χ4v) is 1.63. The maximum absolute atomic E-state index is 3.47. The van der Waals surface area contributed by atoms with E-state index in [1.54, 1.807) is 5.57 Å². The third kappa shape index (κ3) is 1.84. The van der Waals surface area contributed by atoms with Gasteiger partial charge >= 0.3 is 0 Å². The summed E-state index contributed by atoms with van der Waals surface area (Å²) in [6.07, 6.45) is 4.80. The molecule has 1 aliphatic heterocycles. The Morgan fingerprint density at radius 2 is 2.30 bits per heavy atom. The highest BCUT2D eigenvalue weighted by Crippen LogP contribution is 2.15. The Labute approximate surface area is 63.5 Å². The molecule has 1 N–H and O–H groups in total. The first-order valence-corrected chi connectivity index (χ1v) is 4.18. The second kappa shape index (κ2) is 3.20. The average molecular weight is 139 g/mol. The minimum Gasteiger partial charge on any atom is -0.308 e. The Kier molecular flexibility index (Phi) is 2.50. The molecule has 1 heterocycles. The molecule has 58 valence electrons. The molecule has 0 saturated heterocycles. The molecule has 10 heavy (non-hydrogen) atoms. The van der Waals surface area contributed by atoms with Gasteiger partial charge in [-0.1, -0.05) is 18.6 Å². The Balaban J connectivity index is 2.56. The third-order valence-electron chi connectivity index (χ3n) is 2.06. The van der Waals surface area contributed by atoms with Crippen molar-refractivity contribution in [1.29, 1.82) is 0 Å². The molecule has 2 atom stereocenters. The van der Waals surface area contributed by atoms with Crippen LogP contribution in [0.25, 0.3) is 0 Å². The van der Waals surface area contributed by atoms with Crippen LogP contribution in [-0.2, 0) is 0 Å². The van der Waals surface area contributed by atoms with E-state index >= 15 is 0 Å². The maximum atomic E-state index is 3.47. The van der Waals surface area contributed by atoms with Crippen LogP contribution in [0.2, 0.25) is 0 Å². The molecule has 2 unspecified atom stereocenters. The molecule has 1 rings (SSSR count). The van der Waals surface area contributed by atoms with E-state index in [-0.39, 0.29) is 0 Å². The van der Waals surface area contributed by atoms with Crippen molar-refractivity contribution in [2.75, 3.05) is 0 Å². The van der Waals surface area contributed by atoms with Crippen LogP contribution >= 0.6 is 0 Å². The summed E-state index contributed by atoms with van der Waals surface area (Å²) in [6, 6.07) is 1.26. The Morgan fingerprint density at radius 1 is 1.60 bits per heavy atom. The summed E-state index contributed by atoms with van der Waals surface area (Å²) in [5, 5.41) is 3.47. The number of nitrogens with one attached hydrogen (secondary N) is 1. The SMILES string of the molecule is CCC1=CC(C)NC(C)C1. The van der Waals surface area contributed by atoms with E-state index in [0.29, 0.717) is 12.1 Å². The number of hydrogen-bond acceptors (Lipinski definition) is 1. The highest BCUT2D eigenvalue weighted by Gasteiger charge is 2.12. The summed E-state index contributed by atoms with van der Waals surface area (Å²) >= 11 is 0. The predicted molar refractivity (Wildman–Crippen MR) is 45.1 cm³/mol. The van der Waals surface area contributed by atoms with Crippen molar-refractivity contribution in [2.45, 2.75) is 45.7 Å². The van der Waals surface area contributed by atoms with Gasteiger partial charge in [0.15, 0.2) is 0 Å². The van der Waals surface area contributed by atoms with Crippen molar-refractivity contribution < 1.29 is 0 Å². The second-order valence-electron chi connectivity index (χ2n) is 3.24. The van der Waals surface area contributed by atoms with Gasteiger partial charge in [0.1, 0.15) is 0 Å². The van der Waals surface area contributed by atoms with Gasteiger partial charge in [0, 0.05) is 12.1 Å². The standard InChI is InChI=1S/C9H17N/c1-4-9-5-7(2)10-8(3)6-9/h5,7-8,10H,4,6H2,1-3H3. The molecule has 0 aliphatic carbocycles. The van der Waals surface area contributed by atoms with E-state index in [4.69, 9.17) is 0 Å². The molecule has 0 bridgehead atoms. The van der Waals surface area contributed by atoms with Crippen molar-refractivity contribution in [1.82, 2.24) is 5.32 Å². The van der Waals surface area contributed by atoms with E-state index in [2.05, 4.69) is 32.2 Å². The molecule has 1 heteroatoms. The molecule has 0 radical (unpaired) electrons. The maximum Gasteiger partial charge on any atom is 0.0226 e. The van der Waals surface area contributed by atoms with Crippen LogP contribution in [0.1, 0.15) is 33.6 Å². The molecule has 0 spiro atoms. The Hall–Kier alpha value is -0.300. The van der Waals surface area contributed by atoms with Gasteiger partial charge in [-0.05, 0) is 26.7 Å². The first-order chi connectivity index (χ1) is 4.72. The summed E-state index contributed by atoms with van der Waals surface area (Å²) in [7, 11) is 0. The van der Waals surface area contributed by atoms with Crippen LogP contribution in [0.3, 0.4) is 0 Å². The summed E-state index contributed by atoms with van der Waals surface area (Å²) in [6.45, 7) is 6.70. The monoisotopic (exact) mass is 139 g/mol. The zero-order valence-electron chi connectivity index (χ0n) is 7.15. The van der Waals surface area contributed by atoms with Crippen LogP contribution in [0, 0.1) is 0 Å². The van der Waals surface area contributed by atoms with Gasteiger partial charge < -0.3 is 5.32 Å². The van der Waals surface area contributed by atoms with Crippen molar-refractivity contribution in [2.24, 2.45) is 0 Å². The Morgan fingerprint density at radius 3 is 2.80 bits per heavy atom. The van der Waals surface area contributed by atoms with Crippen LogP contribution in [0.5, 0.6) is 0 Å². The first-order valence-electron chi connectivity index (χ1n) is 4.18. The summed E-state index contributed by atoms with van der Waals surface area (Å²) in [5.74, 6) is 0. The number of rotatable bonds is 1. The van der Waals surface area contributed by atoms with E-state index in [9.17, 15) is 0 Å². The molecular formula is C9H17N. The molecule has 1 aliphatic rings. The molecule has 0 saturated carbocycles. The minimum atomic E-state index is 0.582. The number of hydrogen-bond donors (Lipinski definition) is 1. The smallest absolute Gasteiger partial charge is 0.0226 e. The molecular weight excluding hydrogens is 122 g/mol. The third-order valence-corrected chi connectivity index (χ3v) is 2.06. The molecule has 1 nitrogen and oxygen atoms in total. The van der Waals surface area contributed by atoms with E-state index in [1.807, 2.05) is 0 Å². The molecule has 0 aromatic carbocycles. The van der Waals surface area contributed by atoms with Gasteiger partial charge in [0.25, 0.3) is 0 Å². The van der Waals surface area contributed by atoms with Crippen molar-refractivity contribution in [3.05, 3.63) is 11.6 Å². The fourth-order valence-electron chi connectivity index (χ4n) is 1.63. The highest BCUT2D eigenvalue weighted by molar-refractivity contribution is 5.11. The lowest BCUT2D eigenvalue weighted by Crippen LogP contribution is -2.37. The van der Waals surface area contributed by atoms with Gasteiger partial charge in [-0.2, -0.15) is 0 Å². The minimum absolute atomic E-state index is 0.582.